The highest BCUT2D eigenvalue weighted by atomic mass is 16.5. The zero-order valence-electron chi connectivity index (χ0n) is 21.5. The molecule has 2 heterocycles. The van der Waals surface area contributed by atoms with E-state index < -0.39 is 0 Å². The number of aromatic nitrogens is 2. The van der Waals surface area contributed by atoms with Gasteiger partial charge in [0.1, 0.15) is 5.78 Å². The fraction of sp³-hybridized carbons (Fsp3) is 0.355. The number of fused-ring (bicyclic) bond motifs is 1. The fourth-order valence-electron chi connectivity index (χ4n) is 5.29. The third-order valence-corrected chi connectivity index (χ3v) is 7.36. The Balaban J connectivity index is 1.35. The molecule has 5 nitrogen and oxygen atoms in total. The normalized spacial score (nSPS) is 16.5. The van der Waals surface area contributed by atoms with E-state index in [0.717, 1.165) is 60.3 Å². The molecule has 0 aliphatic carbocycles. The lowest BCUT2D eigenvalue weighted by Gasteiger charge is -2.30. The molecule has 1 saturated heterocycles. The van der Waals surface area contributed by atoms with Gasteiger partial charge in [-0.3, -0.25) is 9.89 Å². The molecule has 5 heteroatoms. The molecule has 4 aromatic rings. The number of ether oxygens (including phenoxy) is 1. The summed E-state index contributed by atoms with van der Waals surface area (Å²) in [6, 6.07) is 21.1. The van der Waals surface area contributed by atoms with Gasteiger partial charge in [0.15, 0.2) is 0 Å². The summed E-state index contributed by atoms with van der Waals surface area (Å²) in [5.74, 6) is 0.247. The summed E-state index contributed by atoms with van der Waals surface area (Å²) >= 11 is 0. The van der Waals surface area contributed by atoms with Gasteiger partial charge in [0.05, 0.1) is 23.9 Å². The van der Waals surface area contributed by atoms with Gasteiger partial charge in [-0.2, -0.15) is 5.10 Å². The molecule has 1 atom stereocenters. The van der Waals surface area contributed by atoms with Crippen LogP contribution in [0.2, 0.25) is 0 Å². The van der Waals surface area contributed by atoms with Crippen LogP contribution in [0.25, 0.3) is 22.2 Å². The third kappa shape index (κ3) is 5.13. The quantitative estimate of drug-likeness (QED) is 0.350. The minimum atomic E-state index is 0.109. The van der Waals surface area contributed by atoms with Crippen molar-refractivity contribution in [1.29, 1.82) is 0 Å². The number of nitrogens with one attached hydrogen (secondary N) is 1. The predicted molar refractivity (Wildman–Crippen MR) is 145 cm³/mol. The van der Waals surface area contributed by atoms with E-state index in [-0.39, 0.29) is 11.9 Å². The first-order valence-electron chi connectivity index (χ1n) is 13.0. The number of hydrogen-bond acceptors (Lipinski definition) is 4. The molecule has 1 aromatic heterocycles. The SMILES string of the molecule is CCc1cccc(CC)c1CC(=O)Cc1ccc2[nH]nc(-c3ccc(C4CN(C)CCO4)cc3)c2c1. The van der Waals surface area contributed by atoms with Crippen LogP contribution >= 0.6 is 0 Å². The highest BCUT2D eigenvalue weighted by Gasteiger charge is 2.20. The summed E-state index contributed by atoms with van der Waals surface area (Å²) in [7, 11) is 2.13. The molecule has 36 heavy (non-hydrogen) atoms. The van der Waals surface area contributed by atoms with Crippen LogP contribution in [0.1, 0.15) is 47.8 Å². The number of aromatic amines is 1. The van der Waals surface area contributed by atoms with E-state index in [0.29, 0.717) is 12.8 Å². The number of H-pyrrole nitrogens is 1. The third-order valence-electron chi connectivity index (χ3n) is 7.36. The maximum Gasteiger partial charge on any atom is 0.141 e. The molecule has 0 saturated carbocycles. The predicted octanol–water partition coefficient (Wildman–Crippen LogP) is 5.71. The van der Waals surface area contributed by atoms with E-state index in [1.165, 1.54) is 22.3 Å². The van der Waals surface area contributed by atoms with Crippen molar-refractivity contribution in [2.75, 3.05) is 26.7 Å². The number of likely N-dealkylation sites (N-methyl/N-ethyl adjacent to an activating group) is 1. The number of morpholine rings is 1. The number of ketones is 1. The topological polar surface area (TPSA) is 58.2 Å². The van der Waals surface area contributed by atoms with E-state index in [1.807, 2.05) is 12.1 Å². The second-order valence-electron chi connectivity index (χ2n) is 9.85. The van der Waals surface area contributed by atoms with Gasteiger partial charge in [-0.15, -0.1) is 0 Å². The molecule has 1 aliphatic rings. The van der Waals surface area contributed by atoms with E-state index in [9.17, 15) is 4.79 Å². The minimum absolute atomic E-state index is 0.109. The lowest BCUT2D eigenvalue weighted by atomic mass is 9.92. The van der Waals surface area contributed by atoms with Crippen LogP contribution in [0.3, 0.4) is 0 Å². The minimum Gasteiger partial charge on any atom is -0.371 e. The number of benzene rings is 3. The number of nitrogens with zero attached hydrogens (tertiary/aromatic N) is 2. The first-order valence-corrected chi connectivity index (χ1v) is 13.0. The van der Waals surface area contributed by atoms with E-state index in [4.69, 9.17) is 4.74 Å². The standard InChI is InChI=1S/C31H35N3O2/c1-4-22-7-6-8-23(5-2)27(22)19-26(35)17-21-9-14-29-28(18-21)31(33-32-29)25-12-10-24(11-13-25)30-20-34(3)15-16-36-30/h6-14,18,30H,4-5,15-17,19-20H2,1-3H3,(H,32,33). The molecule has 0 radical (unpaired) electrons. The second-order valence-corrected chi connectivity index (χ2v) is 9.85. The molecule has 186 valence electrons. The van der Waals surface area contributed by atoms with Gasteiger partial charge in [0.25, 0.3) is 0 Å². The average Bonchev–Trinajstić information content (AvgIpc) is 3.32. The van der Waals surface area contributed by atoms with Crippen LogP contribution in [0.5, 0.6) is 0 Å². The van der Waals surface area contributed by atoms with Crippen molar-refractivity contribution in [3.8, 4) is 11.3 Å². The molecule has 0 bridgehead atoms. The summed E-state index contributed by atoms with van der Waals surface area (Å²) in [4.78, 5) is 15.4. The van der Waals surface area contributed by atoms with E-state index >= 15 is 0 Å². The molecule has 1 unspecified atom stereocenters. The number of aryl methyl sites for hydroxylation is 2. The first kappa shape index (κ1) is 24.4. The summed E-state index contributed by atoms with van der Waals surface area (Å²) < 4.78 is 5.96. The monoisotopic (exact) mass is 481 g/mol. The fourth-order valence-corrected chi connectivity index (χ4v) is 5.29. The Kier molecular flexibility index (Phi) is 7.30. The van der Waals surface area contributed by atoms with Crippen molar-refractivity contribution in [1.82, 2.24) is 15.1 Å². The Morgan fingerprint density at radius 1 is 1.03 bits per heavy atom. The molecule has 1 N–H and O–H groups in total. The van der Waals surface area contributed by atoms with Crippen molar-refractivity contribution in [3.05, 3.63) is 88.5 Å². The summed E-state index contributed by atoms with van der Waals surface area (Å²) in [6.07, 6.45) is 2.92. The Morgan fingerprint density at radius 3 is 2.47 bits per heavy atom. The van der Waals surface area contributed by atoms with E-state index in [2.05, 4.69) is 84.5 Å². The summed E-state index contributed by atoms with van der Waals surface area (Å²) in [6.45, 7) is 6.96. The molecular formula is C31H35N3O2. The van der Waals surface area contributed by atoms with Gasteiger partial charge < -0.3 is 9.64 Å². The van der Waals surface area contributed by atoms with Gasteiger partial charge in [-0.05, 0) is 59.8 Å². The number of carbonyl (C=O) groups excluding carboxylic acids is 1. The highest BCUT2D eigenvalue weighted by Crippen LogP contribution is 2.30. The van der Waals surface area contributed by atoms with Crippen molar-refractivity contribution in [3.63, 3.8) is 0 Å². The lowest BCUT2D eigenvalue weighted by molar-refractivity contribution is -0.117. The number of Topliss-reactive ketones (excluding diaryl/α,β-unsaturated/α-hetero) is 1. The summed E-state index contributed by atoms with van der Waals surface area (Å²) in [5, 5.41) is 8.80. The maximum atomic E-state index is 13.1. The Morgan fingerprint density at radius 2 is 1.78 bits per heavy atom. The molecule has 5 rings (SSSR count). The van der Waals surface area contributed by atoms with Gasteiger partial charge in [-0.25, -0.2) is 0 Å². The van der Waals surface area contributed by atoms with Crippen LogP contribution < -0.4 is 0 Å². The second kappa shape index (κ2) is 10.8. The zero-order chi connectivity index (χ0) is 25.1. The molecule has 0 amide bonds. The van der Waals surface area contributed by atoms with Gasteiger partial charge >= 0.3 is 0 Å². The lowest BCUT2D eigenvalue weighted by Crippen LogP contribution is -2.35. The number of carbonyl (C=O) groups is 1. The molecule has 1 aliphatic heterocycles. The molecule has 3 aromatic carbocycles. The van der Waals surface area contributed by atoms with Crippen LogP contribution in [-0.4, -0.2) is 47.6 Å². The molecule has 0 spiro atoms. The van der Waals surface area contributed by atoms with E-state index in [1.54, 1.807) is 0 Å². The van der Waals surface area contributed by atoms with Gasteiger partial charge in [0.2, 0.25) is 0 Å². The van der Waals surface area contributed by atoms with Crippen LogP contribution in [0.4, 0.5) is 0 Å². The Labute approximate surface area is 213 Å². The maximum absolute atomic E-state index is 13.1. The highest BCUT2D eigenvalue weighted by molar-refractivity contribution is 5.94. The first-order chi connectivity index (χ1) is 17.6. The summed E-state index contributed by atoms with van der Waals surface area (Å²) in [5.41, 5.74) is 8.94. The largest absolute Gasteiger partial charge is 0.371 e. The number of hydrogen-bond donors (Lipinski definition) is 1. The van der Waals surface area contributed by atoms with Crippen molar-refractivity contribution in [2.24, 2.45) is 0 Å². The Bertz CT molecular complexity index is 1330. The smallest absolute Gasteiger partial charge is 0.141 e. The van der Waals surface area contributed by atoms with Crippen LogP contribution in [0.15, 0.2) is 60.7 Å². The molecular weight excluding hydrogens is 446 g/mol. The van der Waals surface area contributed by atoms with Crippen LogP contribution in [-0.2, 0) is 35.2 Å². The van der Waals surface area contributed by atoms with Gasteiger partial charge in [0, 0.05) is 36.9 Å². The van der Waals surface area contributed by atoms with Crippen molar-refractivity contribution in [2.45, 2.75) is 45.6 Å². The average molecular weight is 482 g/mol. The number of rotatable bonds is 8. The zero-order valence-corrected chi connectivity index (χ0v) is 21.5. The van der Waals surface area contributed by atoms with Crippen LogP contribution in [0, 0.1) is 0 Å². The van der Waals surface area contributed by atoms with Crippen molar-refractivity contribution >= 4 is 16.7 Å². The molecule has 1 fully saturated rings. The Hall–Kier alpha value is -3.28. The van der Waals surface area contributed by atoms with Crippen molar-refractivity contribution < 1.29 is 9.53 Å². The van der Waals surface area contributed by atoms with Gasteiger partial charge in [-0.1, -0.05) is 62.4 Å².